The minimum absolute atomic E-state index is 0.146. The van der Waals surface area contributed by atoms with Gasteiger partial charge < -0.3 is 9.80 Å². The van der Waals surface area contributed by atoms with Crippen LogP contribution in [0.1, 0.15) is 27.0 Å². The van der Waals surface area contributed by atoms with E-state index in [4.69, 9.17) is 0 Å². The zero-order valence-electron chi connectivity index (χ0n) is 19.1. The highest BCUT2D eigenvalue weighted by Gasteiger charge is 2.22. The van der Waals surface area contributed by atoms with Gasteiger partial charge in [-0.2, -0.15) is 0 Å². The lowest BCUT2D eigenvalue weighted by atomic mass is 10.1. The topological polar surface area (TPSA) is 26.8 Å². The number of para-hydroxylation sites is 1. The van der Waals surface area contributed by atoms with Crippen LogP contribution in [0.4, 0.5) is 5.69 Å². The van der Waals surface area contributed by atoms with Gasteiger partial charge in [0.25, 0.3) is 5.91 Å². The number of carbonyl (C=O) groups is 1. The molecule has 3 aromatic carbocycles. The minimum Gasteiger partial charge on any atom is -0.367 e. The third kappa shape index (κ3) is 5.18. The summed E-state index contributed by atoms with van der Waals surface area (Å²) in [5.74, 6) is 0.146. The van der Waals surface area contributed by atoms with Crippen molar-refractivity contribution < 1.29 is 4.79 Å². The molecule has 3 aromatic rings. The minimum atomic E-state index is 0.146. The van der Waals surface area contributed by atoms with Gasteiger partial charge in [-0.05, 0) is 41.3 Å². The molecular weight excluding hydrogens is 406 g/mol. The normalized spacial score (nSPS) is 16.4. The summed E-state index contributed by atoms with van der Waals surface area (Å²) in [6, 6.07) is 27.2. The first kappa shape index (κ1) is 21.5. The molecule has 2 aliphatic heterocycles. The van der Waals surface area contributed by atoms with Crippen LogP contribution in [0.3, 0.4) is 0 Å². The summed E-state index contributed by atoms with van der Waals surface area (Å²) in [7, 11) is 0. The smallest absolute Gasteiger partial charge is 0.253 e. The fourth-order valence-electron chi connectivity index (χ4n) is 4.76. The lowest BCUT2D eigenvalue weighted by molar-refractivity contribution is 0.0650. The number of hydrogen-bond acceptors (Lipinski definition) is 3. The second kappa shape index (κ2) is 10.1. The predicted molar refractivity (Wildman–Crippen MR) is 135 cm³/mol. The number of piperazine rings is 1. The maximum absolute atomic E-state index is 13.0. The molecule has 0 N–H and O–H groups in total. The average molecular weight is 438 g/mol. The molecule has 4 nitrogen and oxygen atoms in total. The first-order chi connectivity index (χ1) is 16.3. The van der Waals surface area contributed by atoms with Gasteiger partial charge in [-0.25, -0.2) is 0 Å². The number of rotatable bonds is 6. The van der Waals surface area contributed by atoms with Crippen molar-refractivity contribution in [3.05, 3.63) is 107 Å². The molecule has 168 valence electrons. The Hall–Kier alpha value is -3.37. The van der Waals surface area contributed by atoms with E-state index in [0.717, 1.165) is 57.8 Å². The summed E-state index contributed by atoms with van der Waals surface area (Å²) in [5, 5.41) is 0. The number of carbonyl (C=O) groups excluding carboxylic acids is 1. The second-order valence-electron chi connectivity index (χ2n) is 8.90. The quantitative estimate of drug-likeness (QED) is 0.558. The predicted octanol–water partition coefficient (Wildman–Crippen LogP) is 4.72. The third-order valence-corrected chi connectivity index (χ3v) is 6.69. The molecule has 0 unspecified atom stereocenters. The van der Waals surface area contributed by atoms with Crippen molar-refractivity contribution in [3.8, 4) is 0 Å². The highest BCUT2D eigenvalue weighted by Crippen LogP contribution is 2.28. The Labute approximate surface area is 196 Å². The lowest BCUT2D eigenvalue weighted by Gasteiger charge is -2.34. The standard InChI is InChI=1S/C29H31N3O/c33-29(31-21-19-30(20-22-31)17-6-9-24-7-2-1-3-8-24)27-14-12-25(13-15-27)23-32-18-16-26-10-4-5-11-28(26)32/h1-15H,16-23H2/b9-6+. The van der Waals surface area contributed by atoms with Gasteiger partial charge in [0.2, 0.25) is 0 Å². The number of benzene rings is 3. The SMILES string of the molecule is O=C(c1ccc(CN2CCc3ccccc32)cc1)N1CCN(C/C=C/c2ccccc2)CC1. The molecule has 0 atom stereocenters. The van der Waals surface area contributed by atoms with E-state index in [1.807, 2.05) is 23.1 Å². The first-order valence-electron chi connectivity index (χ1n) is 11.9. The molecule has 1 fully saturated rings. The maximum Gasteiger partial charge on any atom is 0.253 e. The highest BCUT2D eigenvalue weighted by atomic mass is 16.2. The molecule has 1 amide bonds. The second-order valence-corrected chi connectivity index (χ2v) is 8.90. The number of amides is 1. The first-order valence-corrected chi connectivity index (χ1v) is 11.9. The number of nitrogens with zero attached hydrogens (tertiary/aromatic N) is 3. The van der Waals surface area contributed by atoms with E-state index in [2.05, 4.69) is 82.6 Å². The molecule has 5 rings (SSSR count). The molecule has 2 heterocycles. The number of fused-ring (bicyclic) bond motifs is 1. The van der Waals surface area contributed by atoms with Crippen LogP contribution in [0.15, 0.2) is 84.9 Å². The Bertz CT molecular complexity index is 1100. The van der Waals surface area contributed by atoms with Crippen molar-refractivity contribution in [2.24, 2.45) is 0 Å². The zero-order chi connectivity index (χ0) is 22.5. The Kier molecular flexibility index (Phi) is 6.54. The van der Waals surface area contributed by atoms with Gasteiger partial charge in [0.05, 0.1) is 0 Å². The van der Waals surface area contributed by atoms with E-state index in [0.29, 0.717) is 0 Å². The zero-order valence-corrected chi connectivity index (χ0v) is 19.1. The molecule has 0 bridgehead atoms. The molecule has 0 aromatic heterocycles. The molecule has 0 radical (unpaired) electrons. The van der Waals surface area contributed by atoms with E-state index < -0.39 is 0 Å². The van der Waals surface area contributed by atoms with Gasteiger partial charge >= 0.3 is 0 Å². The van der Waals surface area contributed by atoms with Crippen molar-refractivity contribution in [1.82, 2.24) is 9.80 Å². The third-order valence-electron chi connectivity index (χ3n) is 6.69. The van der Waals surface area contributed by atoms with Gasteiger partial charge in [0, 0.05) is 57.1 Å². The van der Waals surface area contributed by atoms with Crippen molar-refractivity contribution in [2.45, 2.75) is 13.0 Å². The van der Waals surface area contributed by atoms with Crippen molar-refractivity contribution in [2.75, 3.05) is 44.2 Å². The molecule has 0 aliphatic carbocycles. The summed E-state index contributed by atoms with van der Waals surface area (Å²) < 4.78 is 0. The largest absolute Gasteiger partial charge is 0.367 e. The van der Waals surface area contributed by atoms with Crippen LogP contribution in [0.25, 0.3) is 6.08 Å². The highest BCUT2D eigenvalue weighted by molar-refractivity contribution is 5.94. The van der Waals surface area contributed by atoms with Gasteiger partial charge in [0.1, 0.15) is 0 Å². The molecule has 0 spiro atoms. The number of hydrogen-bond donors (Lipinski definition) is 0. The molecular formula is C29H31N3O. The van der Waals surface area contributed by atoms with Gasteiger partial charge in [-0.15, -0.1) is 0 Å². The fraction of sp³-hybridized carbons (Fsp3) is 0.276. The Balaban J connectivity index is 1.11. The summed E-state index contributed by atoms with van der Waals surface area (Å²) in [5.41, 5.74) is 6.04. The average Bonchev–Trinajstić information content (AvgIpc) is 3.28. The fourth-order valence-corrected chi connectivity index (χ4v) is 4.76. The summed E-state index contributed by atoms with van der Waals surface area (Å²) in [6.45, 7) is 6.26. The van der Waals surface area contributed by atoms with Gasteiger partial charge in [-0.3, -0.25) is 9.69 Å². The molecule has 4 heteroatoms. The van der Waals surface area contributed by atoms with Crippen molar-refractivity contribution >= 4 is 17.7 Å². The Morgan fingerprint density at radius 3 is 2.30 bits per heavy atom. The van der Waals surface area contributed by atoms with Crippen LogP contribution in [-0.2, 0) is 13.0 Å². The monoisotopic (exact) mass is 437 g/mol. The van der Waals surface area contributed by atoms with Crippen LogP contribution in [0.5, 0.6) is 0 Å². The van der Waals surface area contributed by atoms with Crippen LogP contribution < -0.4 is 4.90 Å². The van der Waals surface area contributed by atoms with E-state index in [1.165, 1.54) is 22.4 Å². The molecule has 33 heavy (non-hydrogen) atoms. The van der Waals surface area contributed by atoms with E-state index in [9.17, 15) is 4.79 Å². The van der Waals surface area contributed by atoms with Crippen LogP contribution in [-0.4, -0.2) is 55.0 Å². The van der Waals surface area contributed by atoms with E-state index >= 15 is 0 Å². The summed E-state index contributed by atoms with van der Waals surface area (Å²) in [4.78, 5) is 19.8. The van der Waals surface area contributed by atoms with Crippen LogP contribution >= 0.6 is 0 Å². The van der Waals surface area contributed by atoms with Crippen molar-refractivity contribution in [1.29, 1.82) is 0 Å². The van der Waals surface area contributed by atoms with Crippen LogP contribution in [0.2, 0.25) is 0 Å². The molecule has 1 saturated heterocycles. The Morgan fingerprint density at radius 2 is 1.52 bits per heavy atom. The van der Waals surface area contributed by atoms with Gasteiger partial charge in [0.15, 0.2) is 0 Å². The molecule has 0 saturated carbocycles. The van der Waals surface area contributed by atoms with Crippen LogP contribution in [0, 0.1) is 0 Å². The van der Waals surface area contributed by atoms with E-state index in [-0.39, 0.29) is 5.91 Å². The lowest BCUT2D eigenvalue weighted by Crippen LogP contribution is -2.48. The number of anilines is 1. The maximum atomic E-state index is 13.0. The Morgan fingerprint density at radius 1 is 0.788 bits per heavy atom. The van der Waals surface area contributed by atoms with E-state index in [1.54, 1.807) is 0 Å². The summed E-state index contributed by atoms with van der Waals surface area (Å²) in [6.07, 6.45) is 5.49. The summed E-state index contributed by atoms with van der Waals surface area (Å²) >= 11 is 0. The van der Waals surface area contributed by atoms with Gasteiger partial charge in [-0.1, -0.05) is 72.8 Å². The molecule has 2 aliphatic rings. The van der Waals surface area contributed by atoms with Crippen molar-refractivity contribution in [3.63, 3.8) is 0 Å².